The molecule has 1 aliphatic rings. The molecule has 1 saturated heterocycles. The van der Waals surface area contributed by atoms with Crippen molar-refractivity contribution in [2.75, 3.05) is 26.7 Å². The van der Waals surface area contributed by atoms with E-state index in [-0.39, 0.29) is 46.8 Å². The predicted molar refractivity (Wildman–Crippen MR) is 114 cm³/mol. The minimum Gasteiger partial charge on any atom is -0.493 e. The van der Waals surface area contributed by atoms with Gasteiger partial charge in [-0.15, -0.1) is 0 Å². The van der Waals surface area contributed by atoms with Crippen LogP contribution in [0.3, 0.4) is 0 Å². The van der Waals surface area contributed by atoms with Crippen LogP contribution in [0.15, 0.2) is 27.6 Å². The molecule has 1 amide bonds. The Bertz CT molecular complexity index is 1070. The number of sulfonamides is 1. The van der Waals surface area contributed by atoms with E-state index in [2.05, 4.69) is 15.2 Å². The molecule has 0 bridgehead atoms. The molecule has 9 nitrogen and oxygen atoms in total. The first-order valence-electron chi connectivity index (χ1n) is 10.5. The van der Waals surface area contributed by atoms with Gasteiger partial charge in [0.1, 0.15) is 10.6 Å². The van der Waals surface area contributed by atoms with Gasteiger partial charge in [0, 0.05) is 19.6 Å². The number of aryl methyl sites for hydroxylation is 2. The molecular formula is C21H27F2N3O6S. The predicted octanol–water partition coefficient (Wildman–Crippen LogP) is 2.66. The highest BCUT2D eigenvalue weighted by molar-refractivity contribution is 7.89. The number of rotatable bonds is 9. The Kier molecular flexibility index (Phi) is 7.90. The van der Waals surface area contributed by atoms with Gasteiger partial charge in [-0.3, -0.25) is 4.79 Å². The van der Waals surface area contributed by atoms with Crippen molar-refractivity contribution < 1.29 is 36.0 Å². The Balaban J connectivity index is 1.59. The first-order chi connectivity index (χ1) is 15.6. The van der Waals surface area contributed by atoms with Gasteiger partial charge >= 0.3 is 6.61 Å². The maximum atomic E-state index is 13.0. The number of hydrogen-bond donors (Lipinski definition) is 1. The third kappa shape index (κ3) is 5.80. The van der Waals surface area contributed by atoms with Crippen LogP contribution < -0.4 is 14.8 Å². The molecule has 0 radical (unpaired) electrons. The monoisotopic (exact) mass is 487 g/mol. The molecule has 0 saturated carbocycles. The Morgan fingerprint density at radius 3 is 2.73 bits per heavy atom. The lowest BCUT2D eigenvalue weighted by atomic mass is 9.99. The number of benzene rings is 1. The fraction of sp³-hybridized carbons (Fsp3) is 0.524. The van der Waals surface area contributed by atoms with E-state index in [1.54, 1.807) is 13.0 Å². The normalized spacial score (nSPS) is 17.2. The summed E-state index contributed by atoms with van der Waals surface area (Å²) >= 11 is 0. The molecule has 2 aromatic rings. The quantitative estimate of drug-likeness (QED) is 0.579. The maximum Gasteiger partial charge on any atom is 0.387 e. The number of amides is 1. The number of alkyl halides is 2. The standard InChI is InChI=1S/C21H27F2N3O6S/c1-13-19(14(2)32-25-13)33(28,29)26-10-4-5-16(12-26)20(27)24-9-8-15-6-7-17(30-3)18(11-15)31-21(22)23/h6-7,11,16,21H,4-5,8-10,12H2,1-3H3,(H,24,27). The van der Waals surface area contributed by atoms with Gasteiger partial charge in [-0.05, 0) is 50.8 Å². The van der Waals surface area contributed by atoms with Gasteiger partial charge in [-0.1, -0.05) is 11.2 Å². The molecule has 1 atom stereocenters. The second kappa shape index (κ2) is 10.5. The highest BCUT2D eigenvalue weighted by Crippen LogP contribution is 2.30. The lowest BCUT2D eigenvalue weighted by molar-refractivity contribution is -0.126. The lowest BCUT2D eigenvalue weighted by Crippen LogP contribution is -2.45. The van der Waals surface area contributed by atoms with Crippen molar-refractivity contribution >= 4 is 15.9 Å². The third-order valence-corrected chi connectivity index (χ3v) is 7.59. The smallest absolute Gasteiger partial charge is 0.387 e. The Hall–Kier alpha value is -2.73. The van der Waals surface area contributed by atoms with Crippen LogP contribution in [0.2, 0.25) is 0 Å². The zero-order valence-corrected chi connectivity index (χ0v) is 19.5. The minimum atomic E-state index is -3.82. The van der Waals surface area contributed by atoms with Crippen molar-refractivity contribution in [3.05, 3.63) is 35.2 Å². The number of nitrogens with zero attached hydrogens (tertiary/aromatic N) is 2. The number of methoxy groups -OCH3 is 1. The molecule has 0 aliphatic carbocycles. The van der Waals surface area contributed by atoms with Crippen molar-refractivity contribution in [1.82, 2.24) is 14.8 Å². The van der Waals surface area contributed by atoms with Gasteiger partial charge in [-0.25, -0.2) is 8.42 Å². The number of aromatic nitrogens is 1. The number of nitrogens with one attached hydrogen (secondary N) is 1. The first-order valence-corrected chi connectivity index (χ1v) is 11.9. The highest BCUT2D eigenvalue weighted by Gasteiger charge is 2.36. The zero-order chi connectivity index (χ0) is 24.2. The summed E-state index contributed by atoms with van der Waals surface area (Å²) in [7, 11) is -2.47. The van der Waals surface area contributed by atoms with Crippen LogP contribution >= 0.6 is 0 Å². The second-order valence-electron chi connectivity index (χ2n) is 7.76. The number of piperidine rings is 1. The number of carbonyl (C=O) groups excluding carboxylic acids is 1. The van der Waals surface area contributed by atoms with E-state index in [0.717, 1.165) is 0 Å². The van der Waals surface area contributed by atoms with Crippen LogP contribution in [-0.4, -0.2) is 57.1 Å². The number of carbonyl (C=O) groups is 1. The molecule has 1 aromatic heterocycles. The van der Waals surface area contributed by atoms with Gasteiger partial charge in [-0.2, -0.15) is 13.1 Å². The largest absolute Gasteiger partial charge is 0.493 e. The Morgan fingerprint density at radius 2 is 2.09 bits per heavy atom. The maximum absolute atomic E-state index is 13.0. The van der Waals surface area contributed by atoms with Crippen molar-refractivity contribution in [3.8, 4) is 11.5 Å². The molecule has 182 valence electrons. The molecule has 1 aromatic carbocycles. The summed E-state index contributed by atoms with van der Waals surface area (Å²) < 4.78 is 67.0. The van der Waals surface area contributed by atoms with E-state index >= 15 is 0 Å². The summed E-state index contributed by atoms with van der Waals surface area (Å²) in [5.41, 5.74) is 0.965. The molecular weight excluding hydrogens is 460 g/mol. The van der Waals surface area contributed by atoms with Gasteiger partial charge < -0.3 is 19.3 Å². The van der Waals surface area contributed by atoms with Gasteiger partial charge in [0.15, 0.2) is 17.3 Å². The molecule has 3 rings (SSSR count). The van der Waals surface area contributed by atoms with E-state index in [1.165, 1.54) is 30.5 Å². The molecule has 1 unspecified atom stereocenters. The summed E-state index contributed by atoms with van der Waals surface area (Å²) in [5, 5.41) is 6.52. The minimum absolute atomic E-state index is 0.0462. The van der Waals surface area contributed by atoms with E-state index in [4.69, 9.17) is 9.26 Å². The number of halogens is 2. The zero-order valence-electron chi connectivity index (χ0n) is 18.6. The van der Waals surface area contributed by atoms with Gasteiger partial charge in [0.05, 0.1) is 13.0 Å². The number of hydrogen-bond acceptors (Lipinski definition) is 7. The highest BCUT2D eigenvalue weighted by atomic mass is 32.2. The fourth-order valence-corrected chi connectivity index (χ4v) is 5.70. The van der Waals surface area contributed by atoms with Crippen molar-refractivity contribution in [3.63, 3.8) is 0 Å². The average Bonchev–Trinajstić information content (AvgIpc) is 3.12. The summed E-state index contributed by atoms with van der Waals surface area (Å²) in [6, 6.07) is 4.66. The van der Waals surface area contributed by atoms with E-state index in [9.17, 15) is 22.0 Å². The summed E-state index contributed by atoms with van der Waals surface area (Å²) in [6.07, 6.45) is 1.49. The fourth-order valence-electron chi connectivity index (χ4n) is 3.89. The van der Waals surface area contributed by atoms with Gasteiger partial charge in [0.2, 0.25) is 15.9 Å². The molecule has 0 spiro atoms. The topological polar surface area (TPSA) is 111 Å². The van der Waals surface area contributed by atoms with Crippen molar-refractivity contribution in [2.24, 2.45) is 5.92 Å². The molecule has 33 heavy (non-hydrogen) atoms. The van der Waals surface area contributed by atoms with Crippen LogP contribution in [0.4, 0.5) is 8.78 Å². The Labute approximate surface area is 191 Å². The van der Waals surface area contributed by atoms with E-state index < -0.39 is 22.6 Å². The summed E-state index contributed by atoms with van der Waals surface area (Å²) in [6.45, 7) is 0.755. The number of ether oxygens (including phenoxy) is 2. The van der Waals surface area contributed by atoms with Crippen LogP contribution in [0.25, 0.3) is 0 Å². The molecule has 1 N–H and O–H groups in total. The van der Waals surface area contributed by atoms with Crippen LogP contribution in [0, 0.1) is 19.8 Å². The molecule has 1 aliphatic heterocycles. The summed E-state index contributed by atoms with van der Waals surface area (Å²) in [4.78, 5) is 12.7. The van der Waals surface area contributed by atoms with Crippen molar-refractivity contribution in [1.29, 1.82) is 0 Å². The molecule has 2 heterocycles. The van der Waals surface area contributed by atoms with Crippen LogP contribution in [0.5, 0.6) is 11.5 Å². The molecule has 1 fully saturated rings. The molecule has 12 heteroatoms. The third-order valence-electron chi connectivity index (χ3n) is 5.48. The summed E-state index contributed by atoms with van der Waals surface area (Å²) in [5.74, 6) is -0.434. The van der Waals surface area contributed by atoms with E-state index in [1.807, 2.05) is 0 Å². The first kappa shape index (κ1) is 24.9. The lowest BCUT2D eigenvalue weighted by Gasteiger charge is -2.31. The second-order valence-corrected chi connectivity index (χ2v) is 9.64. The van der Waals surface area contributed by atoms with Crippen molar-refractivity contribution in [2.45, 2.75) is 44.6 Å². The van der Waals surface area contributed by atoms with Crippen LogP contribution in [0.1, 0.15) is 29.9 Å². The van der Waals surface area contributed by atoms with Gasteiger partial charge in [0.25, 0.3) is 0 Å². The average molecular weight is 488 g/mol. The van der Waals surface area contributed by atoms with Crippen LogP contribution in [-0.2, 0) is 21.2 Å². The Morgan fingerprint density at radius 1 is 1.33 bits per heavy atom. The van der Waals surface area contributed by atoms with E-state index in [0.29, 0.717) is 31.4 Å². The SMILES string of the molecule is COc1ccc(CCNC(=O)C2CCCN(S(=O)(=O)c3c(C)noc3C)C2)cc1OC(F)F.